The van der Waals surface area contributed by atoms with E-state index in [0.717, 1.165) is 17.0 Å². The molecule has 0 spiro atoms. The molecule has 2 N–H and O–H groups in total. The van der Waals surface area contributed by atoms with E-state index in [0.29, 0.717) is 24.7 Å². The van der Waals surface area contributed by atoms with E-state index < -0.39 is 6.09 Å². The summed E-state index contributed by atoms with van der Waals surface area (Å²) < 4.78 is 16.5. The number of carbonyl (C=O) groups is 1. The summed E-state index contributed by atoms with van der Waals surface area (Å²) in [6.07, 6.45) is 1.06. The number of nitrogens with one attached hydrogen (secondary N) is 2. The Labute approximate surface area is 149 Å². The second kappa shape index (κ2) is 7.18. The number of aromatic amines is 1. The van der Waals surface area contributed by atoms with Gasteiger partial charge >= 0.3 is 6.09 Å². The zero-order valence-corrected chi connectivity index (χ0v) is 13.8. The number of hydrogen-bond donors (Lipinski definition) is 2. The molecule has 1 aliphatic rings. The van der Waals surface area contributed by atoms with Gasteiger partial charge < -0.3 is 19.5 Å². The van der Waals surface area contributed by atoms with Crippen LogP contribution in [0.3, 0.4) is 0 Å². The highest BCUT2D eigenvalue weighted by Gasteiger charge is 2.22. The number of nitrogens with zero attached hydrogens (tertiary/aromatic N) is 1. The van der Waals surface area contributed by atoms with Gasteiger partial charge in [0.05, 0.1) is 12.2 Å². The molecule has 4 rings (SSSR count). The molecule has 1 aromatic heterocycles. The van der Waals surface area contributed by atoms with Gasteiger partial charge in [0.1, 0.15) is 23.9 Å². The van der Waals surface area contributed by atoms with Crippen molar-refractivity contribution in [3.05, 3.63) is 60.8 Å². The topological polar surface area (TPSA) is 85.5 Å². The molecule has 0 saturated carbocycles. The van der Waals surface area contributed by atoms with Gasteiger partial charge in [-0.15, -0.1) is 0 Å². The number of amides is 1. The standard InChI is InChI=1S/C19H17N3O4/c23-19-20-11-17(26-19)12-24-14-5-7-16(8-6-14)25-15-3-1-13(2-4-15)18-9-10-21-22-18/h1-10,17H,11-12H2,(H,20,23)(H,21,22). The summed E-state index contributed by atoms with van der Waals surface area (Å²) in [5, 5.41) is 9.46. The molecule has 3 aromatic rings. The first kappa shape index (κ1) is 16.0. The molecule has 1 fully saturated rings. The molecule has 1 atom stereocenters. The van der Waals surface area contributed by atoms with Crippen molar-refractivity contribution in [2.24, 2.45) is 0 Å². The molecule has 26 heavy (non-hydrogen) atoms. The largest absolute Gasteiger partial charge is 0.490 e. The summed E-state index contributed by atoms with van der Waals surface area (Å²) in [6.45, 7) is 0.780. The van der Waals surface area contributed by atoms with Crippen LogP contribution in [-0.2, 0) is 4.74 Å². The minimum atomic E-state index is -0.402. The molecule has 7 heteroatoms. The van der Waals surface area contributed by atoms with Gasteiger partial charge in [-0.05, 0) is 60.2 Å². The van der Waals surface area contributed by atoms with Gasteiger partial charge in [0, 0.05) is 6.20 Å². The Bertz CT molecular complexity index is 861. The van der Waals surface area contributed by atoms with Crippen molar-refractivity contribution in [1.29, 1.82) is 0 Å². The molecule has 2 heterocycles. The van der Waals surface area contributed by atoms with Crippen molar-refractivity contribution in [3.63, 3.8) is 0 Å². The first-order valence-electron chi connectivity index (χ1n) is 8.21. The molecule has 0 radical (unpaired) electrons. The normalized spacial score (nSPS) is 16.0. The number of ether oxygens (including phenoxy) is 3. The molecule has 132 valence electrons. The molecule has 7 nitrogen and oxygen atoms in total. The van der Waals surface area contributed by atoms with Crippen molar-refractivity contribution in [2.75, 3.05) is 13.2 Å². The average molecular weight is 351 g/mol. The maximum Gasteiger partial charge on any atom is 0.407 e. The number of cyclic esters (lactones) is 1. The van der Waals surface area contributed by atoms with Crippen LogP contribution in [0.1, 0.15) is 0 Å². The summed E-state index contributed by atoms with van der Waals surface area (Å²) in [6, 6.07) is 17.0. The van der Waals surface area contributed by atoms with Gasteiger partial charge in [-0.3, -0.25) is 5.10 Å². The third kappa shape index (κ3) is 3.77. The van der Waals surface area contributed by atoms with Crippen molar-refractivity contribution >= 4 is 6.09 Å². The Balaban J connectivity index is 1.33. The molecule has 1 amide bonds. The van der Waals surface area contributed by atoms with Crippen molar-refractivity contribution < 1.29 is 19.0 Å². The van der Waals surface area contributed by atoms with Gasteiger partial charge in [0.2, 0.25) is 0 Å². The first-order valence-corrected chi connectivity index (χ1v) is 8.21. The molecule has 0 aliphatic carbocycles. The van der Waals surface area contributed by atoms with Crippen LogP contribution in [0.15, 0.2) is 60.8 Å². The van der Waals surface area contributed by atoms with E-state index in [4.69, 9.17) is 14.2 Å². The Morgan fingerprint density at radius 2 is 1.69 bits per heavy atom. The summed E-state index contributed by atoms with van der Waals surface area (Å²) in [7, 11) is 0. The van der Waals surface area contributed by atoms with Crippen LogP contribution in [0, 0.1) is 0 Å². The molecule has 1 aliphatic heterocycles. The quantitative estimate of drug-likeness (QED) is 0.711. The Kier molecular flexibility index (Phi) is 4.42. The molecule has 2 aromatic carbocycles. The molecular formula is C19H17N3O4. The SMILES string of the molecule is O=C1NCC(COc2ccc(Oc3ccc(-c4ccn[nH]4)cc3)cc2)O1. The fourth-order valence-corrected chi connectivity index (χ4v) is 2.57. The van der Waals surface area contributed by atoms with Crippen LogP contribution in [0.2, 0.25) is 0 Å². The minimum absolute atomic E-state index is 0.258. The molecule has 0 bridgehead atoms. The summed E-state index contributed by atoms with van der Waals surface area (Å²) in [5.41, 5.74) is 2.00. The zero-order valence-electron chi connectivity index (χ0n) is 13.8. The summed E-state index contributed by atoms with van der Waals surface area (Å²) in [4.78, 5) is 11.0. The lowest BCUT2D eigenvalue weighted by Gasteiger charge is -2.11. The highest BCUT2D eigenvalue weighted by molar-refractivity contribution is 5.69. The van der Waals surface area contributed by atoms with E-state index in [1.807, 2.05) is 54.6 Å². The predicted octanol–water partition coefficient (Wildman–Crippen LogP) is 3.36. The van der Waals surface area contributed by atoms with Crippen LogP contribution in [-0.4, -0.2) is 35.5 Å². The monoisotopic (exact) mass is 351 g/mol. The van der Waals surface area contributed by atoms with Crippen LogP contribution >= 0.6 is 0 Å². The van der Waals surface area contributed by atoms with E-state index in [1.165, 1.54) is 0 Å². The Morgan fingerprint density at radius 3 is 2.31 bits per heavy atom. The van der Waals surface area contributed by atoms with Crippen LogP contribution in [0.5, 0.6) is 17.2 Å². The lowest BCUT2D eigenvalue weighted by atomic mass is 10.1. The Morgan fingerprint density at radius 1 is 1.00 bits per heavy atom. The van der Waals surface area contributed by atoms with Gasteiger partial charge in [-0.1, -0.05) is 0 Å². The average Bonchev–Trinajstić information content (AvgIpc) is 3.34. The number of aromatic nitrogens is 2. The van der Waals surface area contributed by atoms with Gasteiger partial charge in [-0.25, -0.2) is 4.79 Å². The first-order chi connectivity index (χ1) is 12.8. The maximum absolute atomic E-state index is 11.0. The number of alkyl carbamates (subject to hydrolysis) is 1. The van der Waals surface area contributed by atoms with Crippen molar-refractivity contribution in [2.45, 2.75) is 6.10 Å². The number of hydrogen-bond acceptors (Lipinski definition) is 5. The fourth-order valence-electron chi connectivity index (χ4n) is 2.57. The van der Waals surface area contributed by atoms with Gasteiger partial charge in [0.15, 0.2) is 6.10 Å². The fraction of sp³-hybridized carbons (Fsp3) is 0.158. The van der Waals surface area contributed by atoms with E-state index in [-0.39, 0.29) is 6.10 Å². The third-order valence-corrected chi connectivity index (χ3v) is 3.91. The second-order valence-corrected chi connectivity index (χ2v) is 5.79. The van der Waals surface area contributed by atoms with Gasteiger partial charge in [-0.2, -0.15) is 5.10 Å². The summed E-state index contributed by atoms with van der Waals surface area (Å²) >= 11 is 0. The number of rotatable bonds is 6. The molecule has 1 saturated heterocycles. The maximum atomic E-state index is 11.0. The number of carbonyl (C=O) groups excluding carboxylic acids is 1. The Hall–Kier alpha value is -3.48. The highest BCUT2D eigenvalue weighted by atomic mass is 16.6. The number of benzene rings is 2. The minimum Gasteiger partial charge on any atom is -0.490 e. The van der Waals surface area contributed by atoms with Crippen LogP contribution in [0.25, 0.3) is 11.3 Å². The van der Waals surface area contributed by atoms with E-state index in [9.17, 15) is 4.79 Å². The lowest BCUT2D eigenvalue weighted by Crippen LogP contribution is -2.21. The van der Waals surface area contributed by atoms with E-state index in [2.05, 4.69) is 15.5 Å². The highest BCUT2D eigenvalue weighted by Crippen LogP contribution is 2.26. The van der Waals surface area contributed by atoms with Gasteiger partial charge in [0.25, 0.3) is 0 Å². The van der Waals surface area contributed by atoms with Crippen molar-refractivity contribution in [3.8, 4) is 28.5 Å². The number of H-pyrrole nitrogens is 1. The van der Waals surface area contributed by atoms with Crippen LogP contribution < -0.4 is 14.8 Å². The van der Waals surface area contributed by atoms with Crippen molar-refractivity contribution in [1.82, 2.24) is 15.5 Å². The predicted molar refractivity (Wildman–Crippen MR) is 94.3 cm³/mol. The molecule has 1 unspecified atom stereocenters. The smallest absolute Gasteiger partial charge is 0.407 e. The zero-order chi connectivity index (χ0) is 17.8. The van der Waals surface area contributed by atoms with E-state index in [1.54, 1.807) is 6.20 Å². The summed E-state index contributed by atoms with van der Waals surface area (Å²) in [5.74, 6) is 2.14. The van der Waals surface area contributed by atoms with Crippen LogP contribution in [0.4, 0.5) is 4.79 Å². The second-order valence-electron chi connectivity index (χ2n) is 5.79. The lowest BCUT2D eigenvalue weighted by molar-refractivity contribution is 0.105. The molecular weight excluding hydrogens is 334 g/mol. The van der Waals surface area contributed by atoms with E-state index >= 15 is 0 Å². The third-order valence-electron chi connectivity index (χ3n) is 3.91.